The lowest BCUT2D eigenvalue weighted by Gasteiger charge is -2.15. The summed E-state index contributed by atoms with van der Waals surface area (Å²) in [5.41, 5.74) is 1.77. The van der Waals surface area contributed by atoms with E-state index in [9.17, 15) is 19.5 Å². The quantitative estimate of drug-likeness (QED) is 0.213. The van der Waals surface area contributed by atoms with Gasteiger partial charge in [0.25, 0.3) is 11.5 Å². The van der Waals surface area contributed by atoms with E-state index in [1.54, 1.807) is 42.5 Å². The largest absolute Gasteiger partial charge is 0.481 e. The van der Waals surface area contributed by atoms with Crippen LogP contribution in [0.3, 0.4) is 0 Å². The Morgan fingerprint density at radius 1 is 1.02 bits per heavy atom. The number of rotatable bonds is 10. The van der Waals surface area contributed by atoms with Crippen LogP contribution in [0.1, 0.15) is 15.9 Å². The Kier molecular flexibility index (Phi) is 9.81. The normalized spacial score (nSPS) is 11.8. The van der Waals surface area contributed by atoms with Gasteiger partial charge in [-0.1, -0.05) is 59.6 Å². The lowest BCUT2D eigenvalue weighted by Crippen LogP contribution is -2.40. The van der Waals surface area contributed by atoms with Crippen molar-refractivity contribution in [1.82, 2.24) is 19.4 Å². The zero-order valence-electron chi connectivity index (χ0n) is 23.0. The van der Waals surface area contributed by atoms with Gasteiger partial charge in [-0.3, -0.25) is 14.2 Å². The van der Waals surface area contributed by atoms with Crippen molar-refractivity contribution in [3.63, 3.8) is 0 Å². The maximum absolute atomic E-state index is 13.0. The fraction of sp³-hybridized carbons (Fsp3) is 0.241. The minimum absolute atomic E-state index is 0.198. The minimum Gasteiger partial charge on any atom is -0.481 e. The van der Waals surface area contributed by atoms with Gasteiger partial charge in [-0.15, -0.1) is 0 Å². The number of hydrogen-bond donors (Lipinski definition) is 4. The number of aryl methyl sites for hydroxylation is 1. The summed E-state index contributed by atoms with van der Waals surface area (Å²) in [7, 11) is 4.24. The molecule has 4 N–H and O–H groups in total. The Morgan fingerprint density at radius 2 is 1.69 bits per heavy atom. The Bertz CT molecular complexity index is 1750. The summed E-state index contributed by atoms with van der Waals surface area (Å²) < 4.78 is 7.47. The Morgan fingerprint density at radius 3 is 2.38 bits per heavy atom. The second-order valence-electron chi connectivity index (χ2n) is 9.42. The maximum atomic E-state index is 13.0. The molecule has 4 rings (SSSR count). The van der Waals surface area contributed by atoms with Crippen LogP contribution in [-0.4, -0.2) is 56.6 Å². The summed E-state index contributed by atoms with van der Waals surface area (Å²) in [4.78, 5) is 42.1. The molecule has 0 aliphatic carbocycles. The van der Waals surface area contributed by atoms with Crippen molar-refractivity contribution in [3.8, 4) is 28.3 Å². The molecule has 2 aromatic carbocycles. The van der Waals surface area contributed by atoms with Crippen LogP contribution in [0.25, 0.3) is 22.4 Å². The van der Waals surface area contributed by atoms with Crippen LogP contribution in [-0.2, 0) is 20.6 Å². The van der Waals surface area contributed by atoms with E-state index in [1.165, 1.54) is 27.4 Å². The van der Waals surface area contributed by atoms with Crippen LogP contribution >= 0.6 is 23.2 Å². The molecule has 0 saturated heterocycles. The molecule has 0 fully saturated rings. The number of carbonyl (C=O) groups is 1. The van der Waals surface area contributed by atoms with Crippen molar-refractivity contribution in [1.29, 1.82) is 0 Å². The van der Waals surface area contributed by atoms with Crippen LogP contribution in [0.15, 0.2) is 64.3 Å². The summed E-state index contributed by atoms with van der Waals surface area (Å²) in [6, 6.07) is 14.0. The highest BCUT2D eigenvalue weighted by molar-refractivity contribution is 6.39. The van der Waals surface area contributed by atoms with E-state index in [-0.39, 0.29) is 29.4 Å². The number of anilines is 1. The molecule has 42 heavy (non-hydrogen) atoms. The molecular weight excluding hydrogens is 585 g/mol. The van der Waals surface area contributed by atoms with E-state index < -0.39 is 23.3 Å². The molecule has 1 amide bonds. The van der Waals surface area contributed by atoms with Crippen LogP contribution in [0.5, 0.6) is 5.88 Å². The first-order valence-corrected chi connectivity index (χ1v) is 13.5. The van der Waals surface area contributed by atoms with Crippen molar-refractivity contribution >= 4 is 34.8 Å². The molecule has 0 unspecified atom stereocenters. The van der Waals surface area contributed by atoms with Gasteiger partial charge in [0.1, 0.15) is 5.56 Å². The number of aliphatic hydroxyl groups is 2. The first-order valence-electron chi connectivity index (χ1n) is 12.8. The van der Waals surface area contributed by atoms with Gasteiger partial charge in [0.05, 0.1) is 41.2 Å². The van der Waals surface area contributed by atoms with Crippen molar-refractivity contribution in [2.45, 2.75) is 12.6 Å². The Balaban J connectivity index is 1.65. The van der Waals surface area contributed by atoms with Gasteiger partial charge < -0.3 is 30.2 Å². The van der Waals surface area contributed by atoms with Crippen LogP contribution in [0, 0.1) is 0 Å². The molecule has 13 heteroatoms. The second-order valence-corrected chi connectivity index (χ2v) is 10.2. The summed E-state index contributed by atoms with van der Waals surface area (Å²) in [6.45, 7) is 0.225. The number of nitrogens with one attached hydrogen (secondary N) is 2. The van der Waals surface area contributed by atoms with E-state index >= 15 is 0 Å². The number of methoxy groups -OCH3 is 1. The lowest BCUT2D eigenvalue weighted by molar-refractivity contribution is 0.0941. The van der Waals surface area contributed by atoms with E-state index in [0.29, 0.717) is 39.8 Å². The number of aliphatic hydroxyl groups excluding tert-OH is 2. The van der Waals surface area contributed by atoms with E-state index in [2.05, 4.69) is 15.6 Å². The number of aromatic nitrogens is 3. The highest BCUT2D eigenvalue weighted by Crippen LogP contribution is 2.41. The summed E-state index contributed by atoms with van der Waals surface area (Å²) in [5.74, 6) is -0.353. The average molecular weight is 614 g/mol. The molecule has 0 bridgehead atoms. The molecule has 220 valence electrons. The smallest absolute Gasteiger partial charge is 0.330 e. The minimum atomic E-state index is -0.871. The number of benzene rings is 2. The zero-order chi connectivity index (χ0) is 30.6. The van der Waals surface area contributed by atoms with Gasteiger partial charge in [-0.05, 0) is 12.1 Å². The van der Waals surface area contributed by atoms with Crippen molar-refractivity contribution in [3.05, 3.63) is 96.7 Å². The molecule has 0 saturated carbocycles. The maximum Gasteiger partial charge on any atom is 0.330 e. The van der Waals surface area contributed by atoms with Gasteiger partial charge in [0.15, 0.2) is 0 Å². The van der Waals surface area contributed by atoms with Gasteiger partial charge in [-0.25, -0.2) is 9.78 Å². The highest BCUT2D eigenvalue weighted by Gasteiger charge is 2.20. The molecule has 0 radical (unpaired) electrons. The molecule has 11 nitrogen and oxygen atoms in total. The third kappa shape index (κ3) is 6.40. The van der Waals surface area contributed by atoms with Gasteiger partial charge in [0, 0.05) is 55.6 Å². The lowest BCUT2D eigenvalue weighted by atomic mass is 10.00. The number of amides is 1. The molecule has 2 aromatic heterocycles. The molecular formula is C29H29Cl2N5O6. The Labute approximate surface area is 250 Å². The van der Waals surface area contributed by atoms with Crippen molar-refractivity contribution in [2.75, 3.05) is 25.6 Å². The SMILES string of the molecule is COc1nc(-c2cccc(-c3cccc(NC(=O)c4cn(C)c(=O)n(C)c4=O)c3Cl)c2Cl)ccc1CNC[C@H](O)CO. The van der Waals surface area contributed by atoms with Crippen LogP contribution in [0.2, 0.25) is 10.0 Å². The molecule has 0 aliphatic heterocycles. The van der Waals surface area contributed by atoms with E-state index in [1.807, 2.05) is 6.07 Å². The van der Waals surface area contributed by atoms with E-state index in [4.69, 9.17) is 33.0 Å². The third-order valence-corrected chi connectivity index (χ3v) is 7.36. The third-order valence-electron chi connectivity index (χ3n) is 6.54. The monoisotopic (exact) mass is 613 g/mol. The molecule has 0 aliphatic rings. The van der Waals surface area contributed by atoms with E-state index in [0.717, 1.165) is 14.7 Å². The first kappa shape index (κ1) is 30.9. The van der Waals surface area contributed by atoms with Crippen LogP contribution < -0.4 is 26.6 Å². The van der Waals surface area contributed by atoms with Gasteiger partial charge in [0.2, 0.25) is 5.88 Å². The summed E-state index contributed by atoms with van der Waals surface area (Å²) >= 11 is 13.6. The van der Waals surface area contributed by atoms with Crippen LogP contribution in [0.4, 0.5) is 5.69 Å². The fourth-order valence-electron chi connectivity index (χ4n) is 4.30. The number of carbonyl (C=O) groups excluding carboxylic acids is 1. The first-order chi connectivity index (χ1) is 20.1. The number of pyridine rings is 1. The molecule has 0 spiro atoms. The van der Waals surface area contributed by atoms with Gasteiger partial charge in [-0.2, -0.15) is 0 Å². The standard InChI is InChI=1S/C29H29Cl2N5O6/c1-35-14-21(28(40)36(2)29(35)41)26(39)33-23-9-5-7-19(25(23)31)18-6-4-8-20(24(18)30)22-11-10-16(27(34-22)42-3)12-32-13-17(38)15-37/h4-11,14,17,32,37-38H,12-13,15H2,1-3H3,(H,33,39)/t17-/m0/s1. The number of nitrogens with zero attached hydrogens (tertiary/aromatic N) is 3. The predicted molar refractivity (Wildman–Crippen MR) is 161 cm³/mol. The second kappa shape index (κ2) is 13.3. The zero-order valence-corrected chi connectivity index (χ0v) is 24.5. The summed E-state index contributed by atoms with van der Waals surface area (Å²) in [6.07, 6.45) is 0.309. The molecule has 1 atom stereocenters. The predicted octanol–water partition coefficient (Wildman–Crippen LogP) is 2.82. The number of ether oxygens (including phenoxy) is 1. The average Bonchev–Trinajstić information content (AvgIpc) is 2.99. The van der Waals surface area contributed by atoms with Crippen molar-refractivity contribution < 1.29 is 19.7 Å². The molecule has 4 aromatic rings. The fourth-order valence-corrected chi connectivity index (χ4v) is 4.90. The topological polar surface area (TPSA) is 148 Å². The molecule has 2 heterocycles. The van der Waals surface area contributed by atoms with Crippen molar-refractivity contribution in [2.24, 2.45) is 14.1 Å². The Hall–Kier alpha value is -4.00. The number of halogens is 2. The van der Waals surface area contributed by atoms with Gasteiger partial charge >= 0.3 is 5.69 Å². The summed E-state index contributed by atoms with van der Waals surface area (Å²) in [5, 5.41) is 24.8. The highest BCUT2D eigenvalue weighted by atomic mass is 35.5. The number of hydrogen-bond acceptors (Lipinski definition) is 8.